The Kier molecular flexibility index (Phi) is 9.88. The predicted octanol–water partition coefficient (Wildman–Crippen LogP) is 5.06. The van der Waals surface area contributed by atoms with Crippen LogP contribution in [0.5, 0.6) is 0 Å². The number of aromatic nitrogens is 1. The lowest BCUT2D eigenvalue weighted by molar-refractivity contribution is -0.175. The van der Waals surface area contributed by atoms with E-state index in [2.05, 4.69) is 34.6 Å². The summed E-state index contributed by atoms with van der Waals surface area (Å²) in [6.07, 6.45) is 3.42. The molecule has 2 heterocycles. The Hall–Kier alpha value is -3.95. The summed E-state index contributed by atoms with van der Waals surface area (Å²) in [5, 5.41) is 7.06. The normalized spacial score (nSPS) is 11.8. The molecule has 0 aliphatic rings. The van der Waals surface area contributed by atoms with Gasteiger partial charge in [0.15, 0.2) is 0 Å². The number of primary amides is 1. The summed E-state index contributed by atoms with van der Waals surface area (Å²) in [6.45, 7) is 0.426. The third-order valence-electron chi connectivity index (χ3n) is 6.72. The lowest BCUT2D eigenvalue weighted by atomic mass is 10.0. The van der Waals surface area contributed by atoms with Crippen molar-refractivity contribution in [2.75, 3.05) is 13.7 Å². The maximum atomic E-state index is 12.9. The van der Waals surface area contributed by atoms with Crippen LogP contribution in [0.2, 0.25) is 0 Å². The Morgan fingerprint density at radius 1 is 1.00 bits per heavy atom. The molecule has 0 saturated heterocycles. The zero-order valence-corrected chi connectivity index (χ0v) is 22.8. The minimum atomic E-state index is -0.735. The first-order valence-electron chi connectivity index (χ1n) is 13.1. The number of nitrogens with one attached hydrogen (secondary N) is 2. The lowest BCUT2D eigenvalue weighted by Crippen LogP contribution is -2.44. The number of fused-ring (bicyclic) bond motifs is 1. The van der Waals surface area contributed by atoms with E-state index in [1.165, 1.54) is 23.5 Å². The first-order chi connectivity index (χ1) is 19.0. The Morgan fingerprint density at radius 2 is 1.77 bits per heavy atom. The summed E-state index contributed by atoms with van der Waals surface area (Å²) in [7, 11) is 1.51. The van der Waals surface area contributed by atoms with Gasteiger partial charge in [-0.1, -0.05) is 67.4 Å². The largest absolute Gasteiger partial charge is 0.368 e. The minimum Gasteiger partial charge on any atom is -0.368 e. The second kappa shape index (κ2) is 13.7. The Bertz CT molecular complexity index is 1380. The number of aromatic amines is 1. The van der Waals surface area contributed by atoms with Crippen LogP contribution >= 0.6 is 11.3 Å². The van der Waals surface area contributed by atoms with Gasteiger partial charge in [0, 0.05) is 23.0 Å². The molecule has 204 valence electrons. The molecule has 0 aliphatic heterocycles. The summed E-state index contributed by atoms with van der Waals surface area (Å²) < 4.78 is 0. The van der Waals surface area contributed by atoms with Gasteiger partial charge < -0.3 is 16.0 Å². The topological polar surface area (TPSA) is 118 Å². The van der Waals surface area contributed by atoms with Gasteiger partial charge >= 0.3 is 0 Å². The van der Waals surface area contributed by atoms with E-state index in [1.807, 2.05) is 30.3 Å². The van der Waals surface area contributed by atoms with E-state index in [0.29, 0.717) is 43.5 Å². The van der Waals surface area contributed by atoms with Crippen molar-refractivity contribution in [3.05, 3.63) is 82.6 Å². The summed E-state index contributed by atoms with van der Waals surface area (Å²) >= 11 is 1.31. The van der Waals surface area contributed by atoms with Crippen molar-refractivity contribution in [3.8, 4) is 11.3 Å². The number of hydrogen-bond donors (Lipinski definition) is 3. The number of thiophene rings is 1. The Balaban J connectivity index is 1.27. The fourth-order valence-corrected chi connectivity index (χ4v) is 5.32. The average Bonchev–Trinajstić information content (AvgIpc) is 3.62. The number of hydroxylamine groups is 2. The maximum Gasteiger partial charge on any atom is 0.261 e. The smallest absolute Gasteiger partial charge is 0.261 e. The van der Waals surface area contributed by atoms with Crippen LogP contribution in [0.1, 0.15) is 47.3 Å². The zero-order valence-electron chi connectivity index (χ0n) is 22.0. The van der Waals surface area contributed by atoms with E-state index >= 15 is 0 Å². The Morgan fingerprint density at radius 3 is 2.49 bits per heavy atom. The summed E-state index contributed by atoms with van der Waals surface area (Å²) in [6, 6.07) is 21.1. The highest BCUT2D eigenvalue weighted by Gasteiger charge is 2.20. The molecule has 0 saturated carbocycles. The Labute approximate surface area is 232 Å². The number of para-hydroxylation sites is 1. The molecular weight excluding hydrogens is 512 g/mol. The van der Waals surface area contributed by atoms with Crippen LogP contribution in [0.25, 0.3) is 22.2 Å². The summed E-state index contributed by atoms with van der Waals surface area (Å²) in [5.74, 6) is -0.949. The summed E-state index contributed by atoms with van der Waals surface area (Å²) in [5.41, 5.74) is 9.84. The van der Waals surface area contributed by atoms with Crippen LogP contribution < -0.4 is 11.1 Å². The number of H-pyrrole nitrogens is 1. The minimum absolute atomic E-state index is 0.0870. The fourth-order valence-electron chi connectivity index (χ4n) is 4.69. The number of amides is 3. The van der Waals surface area contributed by atoms with E-state index in [9.17, 15) is 14.4 Å². The van der Waals surface area contributed by atoms with Crippen molar-refractivity contribution in [1.82, 2.24) is 15.4 Å². The molecule has 2 aromatic heterocycles. The summed E-state index contributed by atoms with van der Waals surface area (Å²) in [4.78, 5) is 46.5. The first kappa shape index (κ1) is 28.1. The number of unbranched alkanes of at least 4 members (excludes halogenated alkanes) is 2. The van der Waals surface area contributed by atoms with Crippen LogP contribution in [-0.4, -0.2) is 47.5 Å². The highest BCUT2D eigenvalue weighted by atomic mass is 32.1. The molecule has 39 heavy (non-hydrogen) atoms. The van der Waals surface area contributed by atoms with Gasteiger partial charge in [0.05, 0.1) is 18.5 Å². The van der Waals surface area contributed by atoms with Crippen molar-refractivity contribution < 1.29 is 19.2 Å². The zero-order chi connectivity index (χ0) is 27.6. The number of carbonyl (C=O) groups excluding carboxylic acids is 3. The molecular formula is C30H34N4O4S. The van der Waals surface area contributed by atoms with E-state index in [1.54, 1.807) is 17.5 Å². The number of nitrogens with two attached hydrogens (primary N) is 1. The number of carbonyl (C=O) groups is 3. The monoisotopic (exact) mass is 546 g/mol. The van der Waals surface area contributed by atoms with Crippen LogP contribution in [0.3, 0.4) is 0 Å². The standard InChI is InChI=1S/C30H34N4O4S/c1-38-34(19-18-23-22-13-8-9-14-24(22)32-28(23)21-11-4-2-5-12-21)27(35)17-7-3-6-15-25(29(31)36)33-30(37)26-16-10-20-39-26/h2,4-5,8-14,16,20,25,32H,3,6-7,15,17-19H2,1H3,(H2,31,36)(H,33,37)/t25-/m0/s1. The van der Waals surface area contributed by atoms with Gasteiger partial charge in [-0.25, -0.2) is 5.06 Å². The highest BCUT2D eigenvalue weighted by Crippen LogP contribution is 2.31. The molecule has 0 fully saturated rings. The molecule has 0 radical (unpaired) electrons. The van der Waals surface area contributed by atoms with Gasteiger partial charge in [-0.2, -0.15) is 0 Å². The SMILES string of the molecule is CON(CCc1c(-c2ccccc2)[nH]c2ccccc12)C(=O)CCCCC[C@H](NC(=O)c1cccs1)C(N)=O. The van der Waals surface area contributed by atoms with Gasteiger partial charge in [0.2, 0.25) is 11.8 Å². The third-order valence-corrected chi connectivity index (χ3v) is 7.59. The molecule has 9 heteroatoms. The van der Waals surface area contributed by atoms with Gasteiger partial charge in [-0.3, -0.25) is 19.2 Å². The molecule has 3 amide bonds. The molecule has 4 N–H and O–H groups in total. The number of benzene rings is 2. The third kappa shape index (κ3) is 7.34. The van der Waals surface area contributed by atoms with Crippen LogP contribution in [0.4, 0.5) is 0 Å². The number of hydrogen-bond acceptors (Lipinski definition) is 5. The number of rotatable bonds is 14. The second-order valence-corrected chi connectivity index (χ2v) is 10.3. The van der Waals surface area contributed by atoms with Crippen LogP contribution in [0, 0.1) is 0 Å². The van der Waals surface area contributed by atoms with Gasteiger partial charge in [0.1, 0.15) is 6.04 Å². The fraction of sp³-hybridized carbons (Fsp3) is 0.300. The van der Waals surface area contributed by atoms with Crippen molar-refractivity contribution in [3.63, 3.8) is 0 Å². The molecule has 0 bridgehead atoms. The average molecular weight is 547 g/mol. The second-order valence-electron chi connectivity index (χ2n) is 9.32. The van der Waals surface area contributed by atoms with E-state index in [0.717, 1.165) is 34.1 Å². The van der Waals surface area contributed by atoms with E-state index < -0.39 is 11.9 Å². The molecule has 0 unspecified atom stereocenters. The van der Waals surface area contributed by atoms with Crippen molar-refractivity contribution >= 4 is 40.0 Å². The molecule has 0 spiro atoms. The van der Waals surface area contributed by atoms with E-state index in [-0.39, 0.29) is 11.8 Å². The molecule has 8 nitrogen and oxygen atoms in total. The molecule has 4 rings (SSSR count). The highest BCUT2D eigenvalue weighted by molar-refractivity contribution is 7.12. The van der Waals surface area contributed by atoms with Crippen LogP contribution in [-0.2, 0) is 20.8 Å². The first-order valence-corrected chi connectivity index (χ1v) is 14.0. The van der Waals surface area contributed by atoms with Gasteiger partial charge in [0.25, 0.3) is 5.91 Å². The maximum absolute atomic E-state index is 12.9. The number of nitrogens with zero attached hydrogens (tertiary/aromatic N) is 1. The molecule has 0 aliphatic carbocycles. The van der Waals surface area contributed by atoms with Crippen molar-refractivity contribution in [2.45, 2.75) is 44.6 Å². The van der Waals surface area contributed by atoms with Crippen LogP contribution in [0.15, 0.2) is 72.1 Å². The molecule has 4 aromatic rings. The predicted molar refractivity (Wildman–Crippen MR) is 154 cm³/mol. The lowest BCUT2D eigenvalue weighted by Gasteiger charge is -2.20. The van der Waals surface area contributed by atoms with E-state index in [4.69, 9.17) is 10.6 Å². The van der Waals surface area contributed by atoms with Gasteiger partial charge in [-0.15, -0.1) is 11.3 Å². The molecule has 2 aromatic carbocycles. The molecule has 1 atom stereocenters. The van der Waals surface area contributed by atoms with Gasteiger partial charge in [-0.05, 0) is 47.9 Å². The van der Waals surface area contributed by atoms with Crippen molar-refractivity contribution in [1.29, 1.82) is 0 Å². The quantitative estimate of drug-likeness (QED) is 0.151. The van der Waals surface area contributed by atoms with Crippen molar-refractivity contribution in [2.24, 2.45) is 5.73 Å².